The lowest BCUT2D eigenvalue weighted by molar-refractivity contribution is 0.105. The first-order chi connectivity index (χ1) is 12.8. The SMILES string of the molecule is CN=C(NCCCOCc1ccco1)NCCCOc1ccc(F)cc1. The van der Waals surface area contributed by atoms with Crippen LogP contribution in [0.5, 0.6) is 5.75 Å². The molecule has 26 heavy (non-hydrogen) atoms. The van der Waals surface area contributed by atoms with Gasteiger partial charge in [-0.1, -0.05) is 0 Å². The lowest BCUT2D eigenvalue weighted by atomic mass is 10.3. The highest BCUT2D eigenvalue weighted by molar-refractivity contribution is 5.79. The van der Waals surface area contributed by atoms with Gasteiger partial charge in [0.05, 0.1) is 12.9 Å². The lowest BCUT2D eigenvalue weighted by Gasteiger charge is -2.12. The fourth-order valence-corrected chi connectivity index (χ4v) is 2.17. The van der Waals surface area contributed by atoms with Crippen molar-refractivity contribution in [2.45, 2.75) is 19.4 Å². The molecule has 1 aromatic heterocycles. The second-order valence-electron chi connectivity index (χ2n) is 5.57. The van der Waals surface area contributed by atoms with Crippen molar-refractivity contribution >= 4 is 5.96 Å². The third-order valence-corrected chi connectivity index (χ3v) is 3.50. The van der Waals surface area contributed by atoms with Gasteiger partial charge in [0.25, 0.3) is 0 Å². The first-order valence-electron chi connectivity index (χ1n) is 8.71. The van der Waals surface area contributed by atoms with E-state index in [2.05, 4.69) is 15.6 Å². The van der Waals surface area contributed by atoms with Gasteiger partial charge < -0.3 is 24.5 Å². The Hall–Kier alpha value is -2.54. The summed E-state index contributed by atoms with van der Waals surface area (Å²) in [6.45, 7) is 3.19. The Morgan fingerprint density at radius 1 is 1.08 bits per heavy atom. The molecule has 0 aliphatic rings. The van der Waals surface area contributed by atoms with Crippen LogP contribution in [0.2, 0.25) is 0 Å². The molecule has 0 saturated heterocycles. The van der Waals surface area contributed by atoms with Crippen molar-refractivity contribution in [2.24, 2.45) is 4.99 Å². The predicted molar refractivity (Wildman–Crippen MR) is 98.9 cm³/mol. The Morgan fingerprint density at radius 3 is 2.46 bits per heavy atom. The van der Waals surface area contributed by atoms with Crippen LogP contribution in [0.4, 0.5) is 4.39 Å². The van der Waals surface area contributed by atoms with Crippen LogP contribution in [0, 0.1) is 5.82 Å². The van der Waals surface area contributed by atoms with Crippen molar-refractivity contribution in [1.29, 1.82) is 0 Å². The maximum Gasteiger partial charge on any atom is 0.190 e. The second kappa shape index (κ2) is 11.9. The van der Waals surface area contributed by atoms with Gasteiger partial charge in [0, 0.05) is 26.7 Å². The van der Waals surface area contributed by atoms with Gasteiger partial charge >= 0.3 is 0 Å². The van der Waals surface area contributed by atoms with E-state index in [1.807, 2.05) is 12.1 Å². The summed E-state index contributed by atoms with van der Waals surface area (Å²) in [7, 11) is 1.73. The van der Waals surface area contributed by atoms with Crippen molar-refractivity contribution in [3.63, 3.8) is 0 Å². The minimum absolute atomic E-state index is 0.264. The molecule has 0 amide bonds. The lowest BCUT2D eigenvalue weighted by Crippen LogP contribution is -2.38. The van der Waals surface area contributed by atoms with E-state index in [1.165, 1.54) is 12.1 Å². The molecule has 0 atom stereocenters. The molecule has 0 fully saturated rings. The maximum atomic E-state index is 12.8. The molecule has 2 N–H and O–H groups in total. The summed E-state index contributed by atoms with van der Waals surface area (Å²) in [6.07, 6.45) is 3.32. The van der Waals surface area contributed by atoms with E-state index in [0.29, 0.717) is 25.6 Å². The number of aliphatic imine (C=N–C) groups is 1. The van der Waals surface area contributed by atoms with E-state index in [4.69, 9.17) is 13.9 Å². The Labute approximate surface area is 153 Å². The quantitative estimate of drug-likeness (QED) is 0.365. The molecule has 1 aromatic carbocycles. The minimum atomic E-state index is -0.264. The summed E-state index contributed by atoms with van der Waals surface area (Å²) in [4.78, 5) is 4.17. The van der Waals surface area contributed by atoms with Crippen LogP contribution >= 0.6 is 0 Å². The number of guanidine groups is 1. The highest BCUT2D eigenvalue weighted by atomic mass is 19.1. The smallest absolute Gasteiger partial charge is 0.190 e. The van der Waals surface area contributed by atoms with Gasteiger partial charge in [-0.25, -0.2) is 4.39 Å². The summed E-state index contributed by atoms with van der Waals surface area (Å²) < 4.78 is 29.1. The highest BCUT2D eigenvalue weighted by Crippen LogP contribution is 2.10. The van der Waals surface area contributed by atoms with E-state index >= 15 is 0 Å². The number of benzene rings is 1. The summed E-state index contributed by atoms with van der Waals surface area (Å²) in [5.74, 6) is 1.99. The first-order valence-corrected chi connectivity index (χ1v) is 8.71. The molecule has 1 heterocycles. The van der Waals surface area contributed by atoms with Gasteiger partial charge in [0.2, 0.25) is 0 Å². The zero-order chi connectivity index (χ0) is 18.5. The number of furan rings is 1. The van der Waals surface area contributed by atoms with Crippen LogP contribution in [0.15, 0.2) is 52.1 Å². The zero-order valence-corrected chi connectivity index (χ0v) is 15.0. The number of nitrogens with zero attached hydrogens (tertiary/aromatic N) is 1. The van der Waals surface area contributed by atoms with Crippen LogP contribution in [0.25, 0.3) is 0 Å². The molecular formula is C19H26FN3O3. The van der Waals surface area contributed by atoms with Crippen LogP contribution < -0.4 is 15.4 Å². The van der Waals surface area contributed by atoms with Crippen molar-refractivity contribution in [3.8, 4) is 5.75 Å². The average molecular weight is 363 g/mol. The minimum Gasteiger partial charge on any atom is -0.494 e. The molecule has 0 saturated carbocycles. The van der Waals surface area contributed by atoms with E-state index in [1.54, 1.807) is 25.4 Å². The molecular weight excluding hydrogens is 337 g/mol. The fraction of sp³-hybridized carbons (Fsp3) is 0.421. The molecule has 0 unspecified atom stereocenters. The Balaban J connectivity index is 1.46. The van der Waals surface area contributed by atoms with Crippen LogP contribution in [-0.2, 0) is 11.3 Å². The molecule has 6 nitrogen and oxygen atoms in total. The Kier molecular flexibility index (Phi) is 9.07. The molecule has 0 bridgehead atoms. The third-order valence-electron chi connectivity index (χ3n) is 3.50. The average Bonchev–Trinajstić information content (AvgIpc) is 3.17. The van der Waals surface area contributed by atoms with Crippen molar-refractivity contribution in [2.75, 3.05) is 33.4 Å². The monoisotopic (exact) mass is 363 g/mol. The van der Waals surface area contributed by atoms with E-state index in [9.17, 15) is 4.39 Å². The molecule has 0 aliphatic heterocycles. The summed E-state index contributed by atoms with van der Waals surface area (Å²) in [6, 6.07) is 9.76. The van der Waals surface area contributed by atoms with Crippen molar-refractivity contribution in [3.05, 3.63) is 54.2 Å². The summed E-state index contributed by atoms with van der Waals surface area (Å²) in [5, 5.41) is 6.45. The van der Waals surface area contributed by atoms with Crippen LogP contribution in [-0.4, -0.2) is 39.3 Å². The number of hydrogen-bond acceptors (Lipinski definition) is 4. The van der Waals surface area contributed by atoms with Crippen LogP contribution in [0.3, 0.4) is 0 Å². The van der Waals surface area contributed by atoms with Crippen LogP contribution in [0.1, 0.15) is 18.6 Å². The van der Waals surface area contributed by atoms with Crippen molar-refractivity contribution < 1.29 is 18.3 Å². The summed E-state index contributed by atoms with van der Waals surface area (Å²) >= 11 is 0. The zero-order valence-electron chi connectivity index (χ0n) is 15.0. The van der Waals surface area contributed by atoms with Crippen molar-refractivity contribution in [1.82, 2.24) is 10.6 Å². The fourth-order valence-electron chi connectivity index (χ4n) is 2.17. The largest absolute Gasteiger partial charge is 0.494 e. The molecule has 7 heteroatoms. The van der Waals surface area contributed by atoms with Gasteiger partial charge in [0.15, 0.2) is 5.96 Å². The van der Waals surface area contributed by atoms with E-state index in [0.717, 1.165) is 37.7 Å². The number of rotatable bonds is 11. The molecule has 2 aromatic rings. The van der Waals surface area contributed by atoms with Gasteiger partial charge in [-0.05, 0) is 49.2 Å². The molecule has 2 rings (SSSR count). The number of ether oxygens (including phenoxy) is 2. The van der Waals surface area contributed by atoms with Gasteiger partial charge in [-0.2, -0.15) is 0 Å². The van der Waals surface area contributed by atoms with Gasteiger partial charge in [0.1, 0.15) is 23.9 Å². The van der Waals surface area contributed by atoms with Gasteiger partial charge in [-0.15, -0.1) is 0 Å². The standard InChI is InChI=1S/C19H26FN3O3/c1-21-19(22-10-3-12-24-15-18-5-2-13-26-18)23-11-4-14-25-17-8-6-16(20)7-9-17/h2,5-9,13H,3-4,10-12,14-15H2,1H3,(H2,21,22,23). The number of hydrogen-bond donors (Lipinski definition) is 2. The van der Waals surface area contributed by atoms with Gasteiger partial charge in [-0.3, -0.25) is 4.99 Å². The first kappa shape index (κ1) is 19.8. The van der Waals surface area contributed by atoms with E-state index < -0.39 is 0 Å². The topological polar surface area (TPSA) is 68.0 Å². The summed E-state index contributed by atoms with van der Waals surface area (Å²) in [5.41, 5.74) is 0. The number of halogens is 1. The van der Waals surface area contributed by atoms with E-state index in [-0.39, 0.29) is 5.82 Å². The maximum absolute atomic E-state index is 12.8. The normalized spacial score (nSPS) is 11.4. The Morgan fingerprint density at radius 2 is 1.81 bits per heavy atom. The molecule has 0 radical (unpaired) electrons. The number of nitrogens with one attached hydrogen (secondary N) is 2. The third kappa shape index (κ3) is 8.02. The Bertz CT molecular complexity index is 630. The molecule has 142 valence electrons. The molecule has 0 aliphatic carbocycles. The second-order valence-corrected chi connectivity index (χ2v) is 5.57. The molecule has 0 spiro atoms. The predicted octanol–water partition coefficient (Wildman–Crippen LogP) is 2.96. The highest BCUT2D eigenvalue weighted by Gasteiger charge is 1.99.